The van der Waals surface area contributed by atoms with E-state index in [2.05, 4.69) is 15.5 Å². The maximum absolute atomic E-state index is 12.8. The molecule has 8 heteroatoms. The maximum Gasteiger partial charge on any atom is 0.317 e. The minimum atomic E-state index is -0.527. The molecule has 8 nitrogen and oxygen atoms in total. The molecule has 1 heterocycles. The number of carbonyl (C=O) groups excluding carboxylic acids is 2. The molecule has 1 aromatic heterocycles. The first-order chi connectivity index (χ1) is 14.9. The summed E-state index contributed by atoms with van der Waals surface area (Å²) in [7, 11) is 1.73. The van der Waals surface area contributed by atoms with Crippen LogP contribution in [0.15, 0.2) is 28.8 Å². The topological polar surface area (TPSA) is 97.6 Å². The Morgan fingerprint density at radius 3 is 2.58 bits per heavy atom. The Labute approximate surface area is 183 Å². The molecule has 2 amide bonds. The van der Waals surface area contributed by atoms with Crippen LogP contribution in [-0.4, -0.2) is 52.8 Å². The Morgan fingerprint density at radius 2 is 1.90 bits per heavy atom. The average molecular weight is 429 g/mol. The summed E-state index contributed by atoms with van der Waals surface area (Å²) >= 11 is 0. The Kier molecular flexibility index (Phi) is 7.65. The highest BCUT2D eigenvalue weighted by Crippen LogP contribution is 2.31. The minimum absolute atomic E-state index is 0.201. The van der Waals surface area contributed by atoms with Crippen LogP contribution in [-0.2, 0) is 16.0 Å². The summed E-state index contributed by atoms with van der Waals surface area (Å²) in [5.74, 6) is 0.759. The first-order valence-corrected chi connectivity index (χ1v) is 11.0. The predicted molar refractivity (Wildman–Crippen MR) is 116 cm³/mol. The summed E-state index contributed by atoms with van der Waals surface area (Å²) in [6, 6.07) is 7.68. The monoisotopic (exact) mass is 428 g/mol. The van der Waals surface area contributed by atoms with Crippen molar-refractivity contribution in [3.8, 4) is 11.5 Å². The number of carbonyl (C=O) groups is 2. The molecule has 2 aromatic rings. The summed E-state index contributed by atoms with van der Waals surface area (Å²) < 4.78 is 10.5. The van der Waals surface area contributed by atoms with E-state index in [0.717, 1.165) is 43.2 Å². The van der Waals surface area contributed by atoms with Gasteiger partial charge in [-0.15, -0.1) is 0 Å². The highest BCUT2D eigenvalue weighted by molar-refractivity contribution is 5.77. The van der Waals surface area contributed by atoms with Gasteiger partial charge < -0.3 is 19.5 Å². The molecular weight excluding hydrogens is 396 g/mol. The fraction of sp³-hybridized carbons (Fsp3) is 0.565. The SMILES string of the molecule is CCOC(=O)CC1(NC(=O)N(C)CCc2noc(-c3ccc(C)cc3)n2)CCCCC1. The number of benzene rings is 1. The van der Waals surface area contributed by atoms with Crippen LogP contribution in [0.5, 0.6) is 0 Å². The molecule has 0 bridgehead atoms. The van der Waals surface area contributed by atoms with Crippen LogP contribution in [0.3, 0.4) is 0 Å². The summed E-state index contributed by atoms with van der Waals surface area (Å²) in [5.41, 5.74) is 1.50. The second-order valence-corrected chi connectivity index (χ2v) is 8.31. The van der Waals surface area contributed by atoms with E-state index in [1.54, 1.807) is 18.9 Å². The Balaban J connectivity index is 1.55. The van der Waals surface area contributed by atoms with Crippen molar-refractivity contribution in [2.24, 2.45) is 0 Å². The number of nitrogens with one attached hydrogen (secondary N) is 1. The predicted octanol–water partition coefficient (Wildman–Crippen LogP) is 3.89. The second-order valence-electron chi connectivity index (χ2n) is 8.31. The molecule has 0 unspecified atom stereocenters. The van der Waals surface area contributed by atoms with Gasteiger partial charge in [0, 0.05) is 25.6 Å². The smallest absolute Gasteiger partial charge is 0.317 e. The van der Waals surface area contributed by atoms with E-state index in [-0.39, 0.29) is 18.4 Å². The van der Waals surface area contributed by atoms with E-state index in [4.69, 9.17) is 9.26 Å². The standard InChI is InChI=1S/C23H32N4O4/c1-4-30-20(28)16-23(13-6-5-7-14-23)25-22(29)27(3)15-12-19-24-21(31-26-19)18-10-8-17(2)9-11-18/h8-11H,4-7,12-16H2,1-3H3,(H,25,29). The van der Waals surface area contributed by atoms with E-state index in [1.165, 1.54) is 0 Å². The van der Waals surface area contributed by atoms with Gasteiger partial charge in [0.1, 0.15) is 0 Å². The molecule has 0 radical (unpaired) electrons. The zero-order chi connectivity index (χ0) is 22.3. The van der Waals surface area contributed by atoms with Gasteiger partial charge >= 0.3 is 12.0 Å². The van der Waals surface area contributed by atoms with Gasteiger partial charge in [0.05, 0.1) is 18.6 Å². The van der Waals surface area contributed by atoms with Crippen LogP contribution in [0.1, 0.15) is 56.8 Å². The lowest BCUT2D eigenvalue weighted by Gasteiger charge is -2.38. The quantitative estimate of drug-likeness (QED) is 0.641. The summed E-state index contributed by atoms with van der Waals surface area (Å²) in [4.78, 5) is 31.0. The van der Waals surface area contributed by atoms with Crippen molar-refractivity contribution >= 4 is 12.0 Å². The molecule has 0 aliphatic heterocycles. The van der Waals surface area contributed by atoms with Crippen molar-refractivity contribution in [3.05, 3.63) is 35.7 Å². The molecule has 1 aliphatic carbocycles. The van der Waals surface area contributed by atoms with Crippen molar-refractivity contribution in [1.82, 2.24) is 20.4 Å². The van der Waals surface area contributed by atoms with Gasteiger partial charge in [-0.05, 0) is 38.8 Å². The van der Waals surface area contributed by atoms with Gasteiger partial charge in [0.2, 0.25) is 0 Å². The summed E-state index contributed by atoms with van der Waals surface area (Å²) in [6.45, 7) is 4.60. The third kappa shape index (κ3) is 6.29. The molecule has 31 heavy (non-hydrogen) atoms. The van der Waals surface area contributed by atoms with Crippen molar-refractivity contribution in [3.63, 3.8) is 0 Å². The van der Waals surface area contributed by atoms with E-state index >= 15 is 0 Å². The van der Waals surface area contributed by atoms with E-state index in [1.807, 2.05) is 31.2 Å². The van der Waals surface area contributed by atoms with Crippen molar-refractivity contribution in [1.29, 1.82) is 0 Å². The number of aryl methyl sites for hydroxylation is 1. The summed E-state index contributed by atoms with van der Waals surface area (Å²) in [6.07, 6.45) is 5.38. The van der Waals surface area contributed by atoms with Crippen molar-refractivity contribution < 1.29 is 18.8 Å². The van der Waals surface area contributed by atoms with Crippen LogP contribution >= 0.6 is 0 Å². The maximum atomic E-state index is 12.8. The average Bonchev–Trinajstić information content (AvgIpc) is 3.22. The van der Waals surface area contributed by atoms with Gasteiger partial charge in [-0.1, -0.05) is 42.1 Å². The van der Waals surface area contributed by atoms with Crippen LogP contribution in [0.4, 0.5) is 4.79 Å². The van der Waals surface area contributed by atoms with Crippen LogP contribution in [0.25, 0.3) is 11.5 Å². The Bertz CT molecular complexity index is 872. The number of hydrogen-bond acceptors (Lipinski definition) is 6. The molecule has 1 aromatic carbocycles. The lowest BCUT2D eigenvalue weighted by Crippen LogP contribution is -2.54. The molecule has 1 fully saturated rings. The number of amides is 2. The normalized spacial score (nSPS) is 15.3. The van der Waals surface area contributed by atoms with E-state index in [0.29, 0.717) is 31.3 Å². The van der Waals surface area contributed by atoms with E-state index in [9.17, 15) is 9.59 Å². The third-order valence-corrected chi connectivity index (χ3v) is 5.75. The van der Waals surface area contributed by atoms with Crippen LogP contribution < -0.4 is 5.32 Å². The number of nitrogens with zero attached hydrogens (tertiary/aromatic N) is 3. The summed E-state index contributed by atoms with van der Waals surface area (Å²) in [5, 5.41) is 7.15. The Morgan fingerprint density at radius 1 is 1.19 bits per heavy atom. The highest BCUT2D eigenvalue weighted by atomic mass is 16.5. The largest absolute Gasteiger partial charge is 0.466 e. The van der Waals surface area contributed by atoms with Gasteiger partial charge in [-0.3, -0.25) is 4.79 Å². The van der Waals surface area contributed by atoms with E-state index < -0.39 is 5.54 Å². The van der Waals surface area contributed by atoms with Gasteiger partial charge in [-0.2, -0.15) is 4.98 Å². The first-order valence-electron chi connectivity index (χ1n) is 11.0. The number of esters is 1. The molecule has 168 valence electrons. The lowest BCUT2D eigenvalue weighted by atomic mass is 9.79. The number of likely N-dealkylation sites (N-methyl/N-ethyl adjacent to an activating group) is 1. The lowest BCUT2D eigenvalue weighted by molar-refractivity contribution is -0.145. The Hall–Kier alpha value is -2.90. The van der Waals surface area contributed by atoms with Gasteiger partial charge in [-0.25, -0.2) is 4.79 Å². The first kappa shape index (κ1) is 22.8. The van der Waals surface area contributed by atoms with Gasteiger partial charge in [0.25, 0.3) is 5.89 Å². The zero-order valence-electron chi connectivity index (χ0n) is 18.6. The molecule has 0 atom stereocenters. The molecule has 1 N–H and O–H groups in total. The van der Waals surface area contributed by atoms with Crippen LogP contribution in [0, 0.1) is 6.92 Å². The third-order valence-electron chi connectivity index (χ3n) is 5.75. The number of hydrogen-bond donors (Lipinski definition) is 1. The molecule has 1 aliphatic rings. The molecule has 3 rings (SSSR count). The molecule has 1 saturated carbocycles. The number of urea groups is 1. The molecule has 0 spiro atoms. The number of aromatic nitrogens is 2. The molecule has 0 saturated heterocycles. The van der Waals surface area contributed by atoms with Crippen molar-refractivity contribution in [2.45, 2.75) is 64.3 Å². The van der Waals surface area contributed by atoms with Crippen molar-refractivity contribution in [2.75, 3.05) is 20.2 Å². The van der Waals surface area contributed by atoms with Crippen LogP contribution in [0.2, 0.25) is 0 Å². The molecular formula is C23H32N4O4. The highest BCUT2D eigenvalue weighted by Gasteiger charge is 2.37. The number of ether oxygens (including phenoxy) is 1. The number of rotatable bonds is 8. The fourth-order valence-electron chi connectivity index (χ4n) is 3.92. The van der Waals surface area contributed by atoms with Gasteiger partial charge in [0.15, 0.2) is 5.82 Å². The minimum Gasteiger partial charge on any atom is -0.466 e. The zero-order valence-corrected chi connectivity index (χ0v) is 18.6. The second kappa shape index (κ2) is 10.4. The fourth-order valence-corrected chi connectivity index (χ4v) is 3.92.